The normalized spacial score (nSPS) is 13.7. The molecule has 1 nitrogen and oxygen atoms in total. The van der Waals surface area contributed by atoms with Crippen LogP contribution in [0.4, 0.5) is 0 Å². The van der Waals surface area contributed by atoms with Crippen molar-refractivity contribution in [3.8, 4) is 0 Å². The molecule has 0 N–H and O–H groups in total. The summed E-state index contributed by atoms with van der Waals surface area (Å²) in [4.78, 5) is 0. The molecule has 0 radical (unpaired) electrons. The maximum atomic E-state index is 11.8. The third kappa shape index (κ3) is 6.23. The maximum Gasteiger partial charge on any atom is 0.0451 e. The molecule has 1 rings (SSSR count). The minimum atomic E-state index is -1.02. The highest BCUT2D eigenvalue weighted by molar-refractivity contribution is 7.85. The third-order valence-electron chi connectivity index (χ3n) is 2.54. The highest BCUT2D eigenvalue weighted by Gasteiger charge is 2.14. The van der Waals surface area contributed by atoms with Crippen LogP contribution in [-0.2, 0) is 17.2 Å². The van der Waals surface area contributed by atoms with Crippen LogP contribution < -0.4 is 0 Å². The average Bonchev–Trinajstić information content (AvgIpc) is 2.24. The Morgan fingerprint density at radius 2 is 1.69 bits per heavy atom. The van der Waals surface area contributed by atoms with Crippen LogP contribution in [-0.4, -0.2) is 23.8 Å². The van der Waals surface area contributed by atoms with Gasteiger partial charge in [-0.1, -0.05) is 50.0 Å². The molecule has 1 aromatic carbocycles. The molecule has 1 unspecified atom stereocenters. The van der Waals surface area contributed by atoms with Crippen LogP contribution in [0, 0.1) is 0 Å². The van der Waals surface area contributed by atoms with Crippen molar-refractivity contribution in [3.63, 3.8) is 0 Å². The largest absolute Gasteiger partial charge is 0.260 e. The van der Waals surface area contributed by atoms with Gasteiger partial charge in [-0.3, -0.25) is 4.21 Å². The van der Waals surface area contributed by atoms with Gasteiger partial charge in [-0.05, 0) is 18.0 Å². The maximum absolute atomic E-state index is 11.8. The molecule has 0 aromatic heterocycles. The predicted molar refractivity (Wildman–Crippen MR) is 76.2 cm³/mol. The predicted octanol–water partition coefficient (Wildman–Crippen LogP) is 3.32. The van der Waals surface area contributed by atoms with Gasteiger partial charge in [0.1, 0.15) is 0 Å². The van der Waals surface area contributed by atoms with Gasteiger partial charge in [-0.15, -0.1) is 0 Å². The molecule has 16 heavy (non-hydrogen) atoms. The second-order valence-electron chi connectivity index (χ2n) is 5.39. The van der Waals surface area contributed by atoms with E-state index in [1.54, 1.807) is 0 Å². The molecule has 0 bridgehead atoms. The summed E-state index contributed by atoms with van der Waals surface area (Å²) in [5.41, 5.74) is 1.30. The first kappa shape index (κ1) is 13.7. The lowest BCUT2D eigenvalue weighted by Crippen LogP contribution is -2.23. The molecule has 90 valence electrons. The Morgan fingerprint density at radius 3 is 2.25 bits per heavy atom. The number of aryl methyl sites for hydroxylation is 1. The van der Waals surface area contributed by atoms with Gasteiger partial charge in [0.05, 0.1) is 0 Å². The van der Waals surface area contributed by atoms with Crippen molar-refractivity contribution >= 4 is 18.9 Å². The minimum absolute atomic E-state index is 0.632. The first-order valence-corrected chi connectivity index (χ1v) is 11.1. The van der Waals surface area contributed by atoms with Gasteiger partial charge in [-0.2, -0.15) is 0 Å². The molecule has 0 spiro atoms. The Morgan fingerprint density at radius 1 is 1.06 bits per heavy atom. The van der Waals surface area contributed by atoms with E-state index in [-0.39, 0.29) is 0 Å². The van der Waals surface area contributed by atoms with E-state index < -0.39 is 18.9 Å². The van der Waals surface area contributed by atoms with Crippen molar-refractivity contribution in [1.29, 1.82) is 0 Å². The highest BCUT2D eigenvalue weighted by Crippen LogP contribution is 2.09. The van der Waals surface area contributed by atoms with E-state index in [9.17, 15) is 4.21 Å². The fourth-order valence-electron chi connectivity index (χ4n) is 1.40. The van der Waals surface area contributed by atoms with Gasteiger partial charge in [0.25, 0.3) is 0 Å². The molecule has 0 aliphatic rings. The van der Waals surface area contributed by atoms with Crippen LogP contribution in [0.5, 0.6) is 0 Å². The van der Waals surface area contributed by atoms with Crippen LogP contribution >= 0.6 is 0 Å². The summed E-state index contributed by atoms with van der Waals surface area (Å²) in [6, 6.07) is 11.5. The van der Waals surface area contributed by atoms with Crippen molar-refractivity contribution < 1.29 is 4.21 Å². The van der Waals surface area contributed by atoms with Crippen LogP contribution in [0.3, 0.4) is 0 Å². The summed E-state index contributed by atoms with van der Waals surface area (Å²) in [6.45, 7) is 7.00. The lowest BCUT2D eigenvalue weighted by atomic mass is 10.2. The zero-order valence-corrected chi connectivity index (χ0v) is 12.3. The summed E-state index contributed by atoms with van der Waals surface area (Å²) in [5.74, 6) is 1.71. The lowest BCUT2D eigenvalue weighted by Gasteiger charge is -2.14. The average molecular weight is 254 g/mol. The second kappa shape index (κ2) is 6.35. The van der Waals surface area contributed by atoms with Crippen molar-refractivity contribution in [3.05, 3.63) is 35.9 Å². The van der Waals surface area contributed by atoms with Gasteiger partial charge in [0, 0.05) is 30.4 Å². The number of hydrogen-bond acceptors (Lipinski definition) is 1. The third-order valence-corrected chi connectivity index (χ3v) is 5.97. The van der Waals surface area contributed by atoms with Crippen LogP contribution in [0.2, 0.25) is 25.7 Å². The number of hydrogen-bond donors (Lipinski definition) is 0. The Bertz CT molecular complexity index is 330. The summed E-state index contributed by atoms with van der Waals surface area (Å²) < 4.78 is 11.8. The van der Waals surface area contributed by atoms with Crippen molar-refractivity contribution in [2.24, 2.45) is 0 Å². The molecule has 0 saturated heterocycles. The van der Waals surface area contributed by atoms with E-state index in [0.29, 0.717) is 0 Å². The Kier molecular flexibility index (Phi) is 5.42. The van der Waals surface area contributed by atoms with E-state index in [1.807, 2.05) is 18.2 Å². The standard InChI is InChI=1S/C13H22OSSi/c1-16(2,3)12-11-15(14)10-9-13-7-5-4-6-8-13/h4-8H,9-12H2,1-3H3. The monoisotopic (exact) mass is 254 g/mol. The molecule has 0 heterocycles. The molecule has 0 aliphatic heterocycles. The molecule has 3 heteroatoms. The first-order chi connectivity index (χ1) is 7.47. The van der Waals surface area contributed by atoms with Gasteiger partial charge in [0.2, 0.25) is 0 Å². The Hall–Kier alpha value is -0.413. The Balaban J connectivity index is 2.26. The quantitative estimate of drug-likeness (QED) is 0.712. The first-order valence-electron chi connectivity index (χ1n) is 5.86. The number of rotatable bonds is 6. The molecule has 1 aromatic rings. The fraction of sp³-hybridized carbons (Fsp3) is 0.538. The van der Waals surface area contributed by atoms with Crippen molar-refractivity contribution in [2.45, 2.75) is 32.1 Å². The fourth-order valence-corrected chi connectivity index (χ4v) is 5.43. The molecular formula is C13H22OSSi. The van der Waals surface area contributed by atoms with E-state index in [2.05, 4.69) is 31.8 Å². The molecule has 0 aliphatic carbocycles. The molecule has 0 amide bonds. The topological polar surface area (TPSA) is 17.1 Å². The van der Waals surface area contributed by atoms with Gasteiger partial charge in [-0.25, -0.2) is 0 Å². The summed E-state index contributed by atoms with van der Waals surface area (Å²) in [5, 5.41) is 0. The second-order valence-corrected chi connectivity index (χ2v) is 12.7. The smallest absolute Gasteiger partial charge is 0.0451 e. The van der Waals surface area contributed by atoms with Crippen LogP contribution in [0.15, 0.2) is 30.3 Å². The summed E-state index contributed by atoms with van der Waals surface area (Å²) in [7, 11) is -1.65. The zero-order chi connectivity index (χ0) is 12.0. The molecular weight excluding hydrogens is 232 g/mol. The zero-order valence-electron chi connectivity index (χ0n) is 10.5. The van der Waals surface area contributed by atoms with E-state index >= 15 is 0 Å². The van der Waals surface area contributed by atoms with Crippen molar-refractivity contribution in [2.75, 3.05) is 11.5 Å². The van der Waals surface area contributed by atoms with Crippen molar-refractivity contribution in [1.82, 2.24) is 0 Å². The Labute approximate surface area is 103 Å². The van der Waals surface area contributed by atoms with E-state index in [1.165, 1.54) is 11.6 Å². The van der Waals surface area contributed by atoms with Gasteiger partial charge in [0.15, 0.2) is 0 Å². The summed E-state index contributed by atoms with van der Waals surface area (Å²) >= 11 is 0. The molecule has 1 atom stereocenters. The lowest BCUT2D eigenvalue weighted by molar-refractivity contribution is 0.683. The minimum Gasteiger partial charge on any atom is -0.260 e. The van der Waals surface area contributed by atoms with E-state index in [4.69, 9.17) is 0 Å². The number of benzene rings is 1. The highest BCUT2D eigenvalue weighted by atomic mass is 32.2. The molecule has 0 fully saturated rings. The van der Waals surface area contributed by atoms with E-state index in [0.717, 1.165) is 17.9 Å². The summed E-state index contributed by atoms with van der Waals surface area (Å²) in [6.07, 6.45) is 0.944. The van der Waals surface area contributed by atoms with Gasteiger partial charge < -0.3 is 0 Å². The van der Waals surface area contributed by atoms with Gasteiger partial charge >= 0.3 is 0 Å². The SMILES string of the molecule is C[Si](C)(C)CCS(=O)CCc1ccccc1. The van der Waals surface area contributed by atoms with Crippen LogP contribution in [0.25, 0.3) is 0 Å². The molecule has 0 saturated carbocycles. The van der Waals surface area contributed by atoms with Crippen LogP contribution in [0.1, 0.15) is 5.56 Å².